The highest BCUT2D eigenvalue weighted by Gasteiger charge is 2.34. The Labute approximate surface area is 174 Å². The lowest BCUT2D eigenvalue weighted by Gasteiger charge is -2.15. The first-order valence-electron chi connectivity index (χ1n) is 9.37. The first-order valence-corrected chi connectivity index (χ1v) is 9.37. The third kappa shape index (κ3) is 4.30. The van der Waals surface area contributed by atoms with Crippen molar-refractivity contribution in [2.45, 2.75) is 18.9 Å². The molecular weight excluding hydrogens is 415 g/mol. The Morgan fingerprint density at radius 3 is 2.39 bits per heavy atom. The second-order valence-corrected chi connectivity index (χ2v) is 7.07. The Morgan fingerprint density at radius 1 is 0.935 bits per heavy atom. The fourth-order valence-electron chi connectivity index (χ4n) is 3.52. The molecule has 1 atom stereocenters. The van der Waals surface area contributed by atoms with Gasteiger partial charge in [0.05, 0.1) is 11.3 Å². The topological polar surface area (TPSA) is 48.0 Å². The quantitative estimate of drug-likeness (QED) is 0.271. The summed E-state index contributed by atoms with van der Waals surface area (Å²) < 4.78 is 66.2. The van der Waals surface area contributed by atoms with Crippen molar-refractivity contribution in [1.82, 2.24) is 10.3 Å². The smallest absolute Gasteiger partial charge is 0.373 e. The van der Waals surface area contributed by atoms with Crippen LogP contribution in [-0.2, 0) is 12.7 Å². The summed E-state index contributed by atoms with van der Waals surface area (Å²) in [5, 5.41) is 14.0. The number of hydrogen-bond acceptors (Lipinski definition) is 2. The molecule has 3 nitrogen and oxygen atoms in total. The minimum Gasteiger partial charge on any atom is -0.373 e. The van der Waals surface area contributed by atoms with Gasteiger partial charge in [0.15, 0.2) is 0 Å². The predicted octanol–water partition coefficient (Wildman–Crippen LogP) is 5.91. The molecule has 0 saturated heterocycles. The van der Waals surface area contributed by atoms with Crippen molar-refractivity contribution in [2.24, 2.45) is 0 Å². The molecule has 1 unspecified atom stereocenters. The Kier molecular flexibility index (Phi) is 5.51. The van der Waals surface area contributed by atoms with Gasteiger partial charge in [0.2, 0.25) is 0 Å². The summed E-state index contributed by atoms with van der Waals surface area (Å²) in [4.78, 5) is 3.05. The number of alkyl halides is 3. The van der Waals surface area contributed by atoms with Crippen molar-refractivity contribution in [1.29, 1.82) is 0 Å². The number of aromatic nitrogens is 1. The van der Waals surface area contributed by atoms with Crippen LogP contribution in [0.3, 0.4) is 0 Å². The highest BCUT2D eigenvalue weighted by molar-refractivity contribution is 5.97. The molecule has 4 rings (SSSR count). The highest BCUT2D eigenvalue weighted by atomic mass is 19.4. The van der Waals surface area contributed by atoms with Crippen molar-refractivity contribution in [3.05, 3.63) is 95.2 Å². The van der Waals surface area contributed by atoms with E-state index in [0.717, 1.165) is 11.6 Å². The number of fused-ring (bicyclic) bond motifs is 1. The third-order valence-corrected chi connectivity index (χ3v) is 4.96. The van der Waals surface area contributed by atoms with E-state index >= 15 is 0 Å². The number of halogens is 5. The van der Waals surface area contributed by atoms with Crippen LogP contribution in [-0.4, -0.2) is 10.1 Å². The number of rotatable bonds is 5. The Morgan fingerprint density at radius 2 is 1.68 bits per heavy atom. The van der Waals surface area contributed by atoms with E-state index in [9.17, 15) is 27.1 Å². The van der Waals surface area contributed by atoms with Crippen molar-refractivity contribution >= 4 is 10.9 Å². The lowest BCUT2D eigenvalue weighted by atomic mass is 10.0. The first-order chi connectivity index (χ1) is 14.7. The van der Waals surface area contributed by atoms with Crippen LogP contribution in [0.5, 0.6) is 0 Å². The van der Waals surface area contributed by atoms with Gasteiger partial charge in [0, 0.05) is 23.0 Å². The maximum atomic E-state index is 13.9. The number of H-pyrrole nitrogens is 1. The van der Waals surface area contributed by atoms with Crippen LogP contribution in [0.2, 0.25) is 0 Å². The average molecular weight is 432 g/mol. The number of aromatic amines is 1. The molecule has 0 spiro atoms. The summed E-state index contributed by atoms with van der Waals surface area (Å²) in [7, 11) is 0. The minimum atomic E-state index is -4.82. The Hall–Kier alpha value is -3.23. The molecule has 0 radical (unpaired) electrons. The molecule has 1 heterocycles. The number of aliphatic hydroxyl groups is 1. The average Bonchev–Trinajstić information content (AvgIpc) is 3.11. The monoisotopic (exact) mass is 432 g/mol. The minimum absolute atomic E-state index is 0.149. The second-order valence-electron chi connectivity index (χ2n) is 7.07. The Bertz CT molecular complexity index is 1220. The van der Waals surface area contributed by atoms with Gasteiger partial charge < -0.3 is 10.1 Å². The predicted molar refractivity (Wildman–Crippen MR) is 107 cm³/mol. The molecule has 0 bridgehead atoms. The van der Waals surface area contributed by atoms with Crippen LogP contribution in [0.4, 0.5) is 22.0 Å². The second kappa shape index (κ2) is 8.13. The molecule has 8 heteroatoms. The van der Waals surface area contributed by atoms with Gasteiger partial charge in [-0.25, -0.2) is 8.78 Å². The zero-order chi connectivity index (χ0) is 22.2. The van der Waals surface area contributed by atoms with Crippen LogP contribution >= 0.6 is 0 Å². The molecule has 3 aromatic carbocycles. The number of nitrogens with one attached hydrogen (secondary N) is 2. The zero-order valence-corrected chi connectivity index (χ0v) is 16.0. The van der Waals surface area contributed by atoms with Gasteiger partial charge in [-0.1, -0.05) is 36.4 Å². The van der Waals surface area contributed by atoms with Crippen molar-refractivity contribution in [3.63, 3.8) is 0 Å². The maximum Gasteiger partial charge on any atom is 0.419 e. The molecule has 0 aliphatic rings. The van der Waals surface area contributed by atoms with E-state index in [0.29, 0.717) is 28.2 Å². The summed E-state index contributed by atoms with van der Waals surface area (Å²) >= 11 is 0. The fourth-order valence-corrected chi connectivity index (χ4v) is 3.52. The lowest BCUT2D eigenvalue weighted by Crippen LogP contribution is -2.21. The zero-order valence-electron chi connectivity index (χ0n) is 16.0. The molecule has 0 aliphatic heterocycles. The van der Waals surface area contributed by atoms with Gasteiger partial charge in [0.1, 0.15) is 17.9 Å². The molecule has 1 aromatic heterocycles. The molecule has 0 amide bonds. The molecule has 0 aliphatic carbocycles. The van der Waals surface area contributed by atoms with E-state index in [2.05, 4.69) is 10.3 Å². The van der Waals surface area contributed by atoms with E-state index in [1.807, 2.05) is 6.07 Å². The summed E-state index contributed by atoms with van der Waals surface area (Å²) in [6, 6.07) is 15.9. The number of benzene rings is 3. The molecule has 4 aromatic rings. The molecule has 31 heavy (non-hydrogen) atoms. The van der Waals surface area contributed by atoms with Crippen LogP contribution in [0.25, 0.3) is 22.0 Å². The number of aliphatic hydroxyl groups excluding tert-OH is 1. The standard InChI is InChI=1S/C23H17F5N2O/c24-15-7-9-19-16(11-15)20(14-4-2-1-3-5-14)21(30-19)22(31)29-12-13-6-8-18(25)17(10-13)23(26,27)28/h1-11,22,29-31H,12H2. The van der Waals surface area contributed by atoms with E-state index in [1.54, 1.807) is 30.3 Å². The first kappa shape index (κ1) is 21.0. The molecular formula is C23H17F5N2O. The van der Waals surface area contributed by atoms with E-state index in [4.69, 9.17) is 0 Å². The van der Waals surface area contributed by atoms with Crippen LogP contribution in [0.15, 0.2) is 66.7 Å². The van der Waals surface area contributed by atoms with Crippen molar-refractivity contribution in [2.75, 3.05) is 0 Å². The van der Waals surface area contributed by atoms with E-state index < -0.39 is 29.6 Å². The normalized spacial score (nSPS) is 13.0. The van der Waals surface area contributed by atoms with Crippen molar-refractivity contribution in [3.8, 4) is 11.1 Å². The van der Waals surface area contributed by atoms with Crippen LogP contribution < -0.4 is 5.32 Å². The van der Waals surface area contributed by atoms with Gasteiger partial charge >= 0.3 is 6.18 Å². The SMILES string of the molecule is OC(NCc1ccc(F)c(C(F)(F)F)c1)c1[nH]c2ccc(F)cc2c1-c1ccccc1. The lowest BCUT2D eigenvalue weighted by molar-refractivity contribution is -0.140. The van der Waals surface area contributed by atoms with Gasteiger partial charge in [-0.2, -0.15) is 13.2 Å². The molecule has 0 fully saturated rings. The molecule has 160 valence electrons. The van der Waals surface area contributed by atoms with E-state index in [1.165, 1.54) is 18.2 Å². The Balaban J connectivity index is 1.67. The fraction of sp³-hybridized carbons (Fsp3) is 0.130. The van der Waals surface area contributed by atoms with Gasteiger partial charge in [-0.3, -0.25) is 5.32 Å². The molecule has 0 saturated carbocycles. The molecule has 3 N–H and O–H groups in total. The summed E-state index contributed by atoms with van der Waals surface area (Å²) in [6.45, 7) is -0.150. The van der Waals surface area contributed by atoms with Gasteiger partial charge in [-0.15, -0.1) is 0 Å². The summed E-state index contributed by atoms with van der Waals surface area (Å²) in [5.41, 5.74) is 1.02. The van der Waals surface area contributed by atoms with E-state index in [-0.39, 0.29) is 12.1 Å². The summed E-state index contributed by atoms with van der Waals surface area (Å²) in [5.74, 6) is -1.80. The van der Waals surface area contributed by atoms with Crippen LogP contribution in [0, 0.1) is 11.6 Å². The summed E-state index contributed by atoms with van der Waals surface area (Å²) in [6.07, 6.45) is -6.12. The highest BCUT2D eigenvalue weighted by Crippen LogP contribution is 2.36. The van der Waals surface area contributed by atoms with Gasteiger partial charge in [0.25, 0.3) is 0 Å². The van der Waals surface area contributed by atoms with Gasteiger partial charge in [-0.05, 0) is 41.5 Å². The third-order valence-electron chi connectivity index (χ3n) is 4.96. The van der Waals surface area contributed by atoms with Crippen LogP contribution in [0.1, 0.15) is 23.0 Å². The van der Waals surface area contributed by atoms with Crippen molar-refractivity contribution < 1.29 is 27.1 Å². The maximum absolute atomic E-state index is 13.9. The largest absolute Gasteiger partial charge is 0.419 e. The number of hydrogen-bond donors (Lipinski definition) is 3.